The van der Waals surface area contributed by atoms with Gasteiger partial charge in [0.2, 0.25) is 10.0 Å². The number of hydrogen-bond acceptors (Lipinski definition) is 6. The van der Waals surface area contributed by atoms with Crippen LogP contribution in [0.15, 0.2) is 60.8 Å². The van der Waals surface area contributed by atoms with E-state index in [1.165, 1.54) is 30.5 Å². The highest BCUT2D eigenvalue weighted by Crippen LogP contribution is 2.30. The fourth-order valence-corrected chi connectivity index (χ4v) is 5.83. The molecule has 2 heterocycles. The van der Waals surface area contributed by atoms with E-state index in [0.29, 0.717) is 5.56 Å². The van der Waals surface area contributed by atoms with Crippen LogP contribution in [0.3, 0.4) is 0 Å². The fourth-order valence-electron chi connectivity index (χ4n) is 4.27. The molecule has 0 saturated carbocycles. The quantitative estimate of drug-likeness (QED) is 0.190. The molecule has 2 aromatic heterocycles. The number of nitrogens with one attached hydrogen (secondary N) is 3. The third-order valence-corrected chi connectivity index (χ3v) is 8.03. The number of aromatic nitrogens is 3. The molecule has 0 saturated heterocycles. The van der Waals surface area contributed by atoms with E-state index in [1.807, 2.05) is 0 Å². The lowest BCUT2D eigenvalue weighted by atomic mass is 10.1. The van der Waals surface area contributed by atoms with Crippen LogP contribution in [0.4, 0.5) is 18.9 Å². The summed E-state index contributed by atoms with van der Waals surface area (Å²) < 4.78 is 68.2. The molecule has 0 fully saturated rings. The molecule has 4 rings (SSSR count). The molecule has 238 valence electrons. The number of carbonyl (C=O) groups is 2. The van der Waals surface area contributed by atoms with Gasteiger partial charge in [-0.25, -0.2) is 22.8 Å². The number of halogens is 5. The van der Waals surface area contributed by atoms with Crippen LogP contribution < -0.4 is 15.4 Å². The van der Waals surface area contributed by atoms with E-state index in [-0.39, 0.29) is 50.1 Å². The highest BCUT2D eigenvalue weighted by Gasteiger charge is 2.31. The smallest absolute Gasteiger partial charge is 0.350 e. The van der Waals surface area contributed by atoms with Crippen molar-refractivity contribution >= 4 is 50.7 Å². The number of benzene rings is 2. The molecule has 16 heteroatoms. The van der Waals surface area contributed by atoms with Gasteiger partial charge in [-0.2, -0.15) is 18.3 Å². The molecule has 2 amide bonds. The molecule has 10 nitrogen and oxygen atoms in total. The van der Waals surface area contributed by atoms with Gasteiger partial charge in [0.1, 0.15) is 5.69 Å². The van der Waals surface area contributed by atoms with Crippen molar-refractivity contribution in [3.8, 4) is 5.82 Å². The minimum Gasteiger partial charge on any atom is -0.350 e. The summed E-state index contributed by atoms with van der Waals surface area (Å²) in [5.74, 6) is -1.86. The van der Waals surface area contributed by atoms with Crippen molar-refractivity contribution in [2.45, 2.75) is 45.3 Å². The average molecular weight is 684 g/mol. The lowest BCUT2D eigenvalue weighted by Gasteiger charge is -2.16. The molecule has 0 bridgehead atoms. The van der Waals surface area contributed by atoms with Crippen molar-refractivity contribution in [1.29, 1.82) is 0 Å². The predicted molar refractivity (Wildman–Crippen MR) is 164 cm³/mol. The number of nitrogens with zero attached hydrogens (tertiary/aromatic N) is 3. The zero-order chi connectivity index (χ0) is 33.1. The molecule has 0 atom stereocenters. The normalized spacial score (nSPS) is 11.9. The lowest BCUT2D eigenvalue weighted by Crippen LogP contribution is -2.31. The second-order valence-electron chi connectivity index (χ2n) is 10.2. The Morgan fingerprint density at radius 3 is 2.42 bits per heavy atom. The van der Waals surface area contributed by atoms with Gasteiger partial charge in [0.15, 0.2) is 5.82 Å². The van der Waals surface area contributed by atoms with Crippen LogP contribution in [0.2, 0.25) is 10.0 Å². The van der Waals surface area contributed by atoms with Gasteiger partial charge in [0.25, 0.3) is 11.8 Å². The van der Waals surface area contributed by atoms with Crippen molar-refractivity contribution < 1.29 is 31.2 Å². The number of alkyl halides is 3. The van der Waals surface area contributed by atoms with E-state index in [2.05, 4.69) is 25.4 Å². The molecular formula is C29H27Cl2F3N6O4S. The Morgan fingerprint density at radius 1 is 1.02 bits per heavy atom. The molecule has 0 aliphatic carbocycles. The van der Waals surface area contributed by atoms with E-state index in [0.717, 1.165) is 22.9 Å². The van der Waals surface area contributed by atoms with Gasteiger partial charge in [0, 0.05) is 17.3 Å². The van der Waals surface area contributed by atoms with Gasteiger partial charge in [-0.15, -0.1) is 0 Å². The summed E-state index contributed by atoms with van der Waals surface area (Å²) in [4.78, 5) is 30.8. The highest BCUT2D eigenvalue weighted by atomic mass is 35.5. The zero-order valence-corrected chi connectivity index (χ0v) is 26.4. The molecule has 0 aliphatic rings. The maximum Gasteiger partial charge on any atom is 0.416 e. The van der Waals surface area contributed by atoms with Crippen LogP contribution in [-0.2, 0) is 28.5 Å². The number of hydrogen-bond donors (Lipinski definition) is 3. The molecule has 3 N–H and O–H groups in total. The van der Waals surface area contributed by atoms with Crippen LogP contribution in [0.5, 0.6) is 0 Å². The molecule has 0 spiro atoms. The molecule has 4 aromatic rings. The highest BCUT2D eigenvalue weighted by molar-refractivity contribution is 7.88. The van der Waals surface area contributed by atoms with Crippen LogP contribution in [0, 0.1) is 6.92 Å². The minimum atomic E-state index is -4.63. The van der Waals surface area contributed by atoms with Gasteiger partial charge in [0.05, 0.1) is 39.8 Å². The fraction of sp³-hybridized carbons (Fsp3) is 0.241. The van der Waals surface area contributed by atoms with Crippen molar-refractivity contribution in [1.82, 2.24) is 24.8 Å². The predicted octanol–water partition coefficient (Wildman–Crippen LogP) is 5.91. The topological polar surface area (TPSA) is 135 Å². The first-order valence-corrected chi connectivity index (χ1v) is 15.7. The summed E-state index contributed by atoms with van der Waals surface area (Å²) in [7, 11) is -4.14. The number of carbonyl (C=O) groups excluding carboxylic acids is 2. The Hall–Kier alpha value is -3.98. The Balaban J connectivity index is 1.64. The van der Waals surface area contributed by atoms with E-state index in [9.17, 15) is 31.2 Å². The molecule has 0 unspecified atom stereocenters. The third kappa shape index (κ3) is 8.60. The maximum atomic E-state index is 13.7. The second kappa shape index (κ2) is 13.6. The van der Waals surface area contributed by atoms with E-state index < -0.39 is 45.9 Å². The summed E-state index contributed by atoms with van der Waals surface area (Å²) in [5.41, 5.74) is -0.282. The number of amides is 2. The first kappa shape index (κ1) is 33.9. The Bertz CT molecular complexity index is 1860. The molecule has 45 heavy (non-hydrogen) atoms. The van der Waals surface area contributed by atoms with E-state index in [1.54, 1.807) is 32.9 Å². The molecular weight excluding hydrogens is 656 g/mol. The number of pyridine rings is 1. The summed E-state index contributed by atoms with van der Waals surface area (Å²) in [6, 6.07) is 11.2. The number of anilines is 1. The third-order valence-electron chi connectivity index (χ3n) is 6.22. The maximum absolute atomic E-state index is 13.7. The zero-order valence-electron chi connectivity index (χ0n) is 24.0. The Labute approximate surface area is 267 Å². The van der Waals surface area contributed by atoms with Crippen LogP contribution in [0.1, 0.15) is 57.1 Å². The number of sulfonamides is 1. The van der Waals surface area contributed by atoms with Crippen LogP contribution in [0.25, 0.3) is 5.82 Å². The van der Waals surface area contributed by atoms with Crippen molar-refractivity contribution in [3.63, 3.8) is 0 Å². The van der Waals surface area contributed by atoms with E-state index >= 15 is 0 Å². The molecule has 2 aromatic carbocycles. The van der Waals surface area contributed by atoms with Gasteiger partial charge >= 0.3 is 6.18 Å². The van der Waals surface area contributed by atoms with Crippen molar-refractivity contribution in [2.24, 2.45) is 0 Å². The van der Waals surface area contributed by atoms with Gasteiger partial charge in [-0.05, 0) is 68.3 Å². The van der Waals surface area contributed by atoms with Gasteiger partial charge < -0.3 is 10.6 Å². The monoisotopic (exact) mass is 682 g/mol. The molecule has 0 aliphatic heterocycles. The Kier molecular flexibility index (Phi) is 10.2. The number of aryl methyl sites for hydroxylation is 1. The van der Waals surface area contributed by atoms with Gasteiger partial charge in [-0.1, -0.05) is 41.4 Å². The van der Waals surface area contributed by atoms with E-state index in [4.69, 9.17) is 23.2 Å². The van der Waals surface area contributed by atoms with Crippen molar-refractivity contribution in [3.05, 3.63) is 104 Å². The number of rotatable bonds is 10. The summed E-state index contributed by atoms with van der Waals surface area (Å²) in [6.45, 7) is 4.79. The SMILES string of the molecule is Cc1cc(Cl)cc(C(=O)NC(C)C)c1NC(=O)c1cc(CNS(=O)(=O)Cc2cccc(C(F)(F)F)c2)nn1-c1ncccc1Cl. The first-order valence-electron chi connectivity index (χ1n) is 13.3. The largest absolute Gasteiger partial charge is 0.416 e. The minimum absolute atomic E-state index is 0.0630. The summed E-state index contributed by atoms with van der Waals surface area (Å²) >= 11 is 12.5. The van der Waals surface area contributed by atoms with Crippen LogP contribution >= 0.6 is 23.2 Å². The average Bonchev–Trinajstić information content (AvgIpc) is 3.37. The van der Waals surface area contributed by atoms with Gasteiger partial charge in [-0.3, -0.25) is 9.59 Å². The lowest BCUT2D eigenvalue weighted by molar-refractivity contribution is -0.137. The first-order chi connectivity index (χ1) is 21.0. The second-order valence-corrected chi connectivity index (χ2v) is 12.9. The Morgan fingerprint density at radius 2 is 1.76 bits per heavy atom. The standard InChI is InChI=1S/C29H27Cl2F3N6O4S/c1-16(2)37-27(41)22-12-20(30)10-17(3)25(22)38-28(42)24-13-21(39-40(24)26-23(31)8-5-9-35-26)14-36-45(43,44)15-18-6-4-7-19(11-18)29(32,33)34/h4-13,16,36H,14-15H2,1-3H3,(H,37,41)(H,38,42). The van der Waals surface area contributed by atoms with Crippen molar-refractivity contribution in [2.75, 3.05) is 5.32 Å². The summed E-state index contributed by atoms with van der Waals surface area (Å²) in [5, 5.41) is 10.2. The van der Waals surface area contributed by atoms with Crippen LogP contribution in [-0.4, -0.2) is 41.0 Å². The summed E-state index contributed by atoms with van der Waals surface area (Å²) in [6.07, 6.45) is -3.22. The molecule has 0 radical (unpaired) electrons.